The second kappa shape index (κ2) is 6.80. The molecule has 3 aromatic carbocycles. The van der Waals surface area contributed by atoms with E-state index in [0.29, 0.717) is 0 Å². The van der Waals surface area contributed by atoms with Crippen molar-refractivity contribution in [2.24, 2.45) is 0 Å². The molecule has 0 aliphatic carbocycles. The molecular weight excluding hydrogens is 344 g/mol. The van der Waals surface area contributed by atoms with Crippen LogP contribution in [0.15, 0.2) is 48.5 Å². The highest BCUT2D eigenvalue weighted by molar-refractivity contribution is 6.84. The number of hydrogen-bond donors (Lipinski definition) is 0. The summed E-state index contributed by atoms with van der Waals surface area (Å²) >= 11 is 0. The van der Waals surface area contributed by atoms with Gasteiger partial charge in [-0.25, -0.2) is 0 Å². The highest BCUT2D eigenvalue weighted by atomic mass is 28.3. The molecule has 3 aromatic rings. The maximum absolute atomic E-state index is 3.56. The number of rotatable bonds is 0. The van der Waals surface area contributed by atoms with Crippen molar-refractivity contribution in [2.45, 2.75) is 39.3 Å². The Bertz CT molecular complexity index is 955. The number of hydrogen-bond acceptors (Lipinski definition) is 0. The zero-order valence-electron chi connectivity index (χ0n) is 16.6. The van der Waals surface area contributed by atoms with Crippen molar-refractivity contribution in [2.75, 3.05) is 0 Å². The minimum absolute atomic E-state index is 1.15. The standard InChI is InChI=1S/C24H26Si2/c1-25(2,3)17-15-23-19-11-7-9-13-21(19)24(16-18-26(4,5)6)22-14-10-8-12-20(22)23/h7-14H,1-6H3. The number of benzene rings is 3. The van der Waals surface area contributed by atoms with Crippen molar-refractivity contribution >= 4 is 37.7 Å². The molecule has 130 valence electrons. The molecule has 0 aliphatic heterocycles. The normalized spacial score (nSPS) is 11.6. The van der Waals surface area contributed by atoms with E-state index in [1.165, 1.54) is 21.5 Å². The fraction of sp³-hybridized carbons (Fsp3) is 0.250. The summed E-state index contributed by atoms with van der Waals surface area (Å²) in [6.07, 6.45) is 0. The Labute approximate surface area is 159 Å². The van der Waals surface area contributed by atoms with E-state index < -0.39 is 16.1 Å². The molecule has 0 N–H and O–H groups in total. The van der Waals surface area contributed by atoms with E-state index in [1.54, 1.807) is 0 Å². The first-order valence-corrected chi connectivity index (χ1v) is 16.2. The van der Waals surface area contributed by atoms with Crippen LogP contribution >= 0.6 is 0 Å². The van der Waals surface area contributed by atoms with Crippen LogP contribution < -0.4 is 0 Å². The van der Waals surface area contributed by atoms with E-state index in [0.717, 1.165) is 11.1 Å². The van der Waals surface area contributed by atoms with Crippen LogP contribution in [0.4, 0.5) is 0 Å². The van der Waals surface area contributed by atoms with Crippen LogP contribution in [0, 0.1) is 22.9 Å². The van der Waals surface area contributed by atoms with Gasteiger partial charge in [0.05, 0.1) is 0 Å². The number of fused-ring (bicyclic) bond motifs is 2. The maximum Gasteiger partial charge on any atom is 0.129 e. The van der Waals surface area contributed by atoms with Crippen molar-refractivity contribution in [3.8, 4) is 22.9 Å². The van der Waals surface area contributed by atoms with Crippen LogP contribution in [0.5, 0.6) is 0 Å². The Morgan fingerprint density at radius 3 is 1.00 bits per heavy atom. The van der Waals surface area contributed by atoms with E-state index in [4.69, 9.17) is 0 Å². The molecule has 0 atom stereocenters. The molecule has 0 fully saturated rings. The minimum atomic E-state index is -1.45. The molecule has 3 rings (SSSR count). The predicted molar refractivity (Wildman–Crippen MR) is 122 cm³/mol. The third kappa shape index (κ3) is 4.10. The monoisotopic (exact) mass is 370 g/mol. The molecule has 0 aromatic heterocycles. The molecule has 0 spiro atoms. The van der Waals surface area contributed by atoms with Gasteiger partial charge in [-0.3, -0.25) is 0 Å². The van der Waals surface area contributed by atoms with Crippen LogP contribution in [0.2, 0.25) is 39.3 Å². The summed E-state index contributed by atoms with van der Waals surface area (Å²) in [4.78, 5) is 0. The van der Waals surface area contributed by atoms with Gasteiger partial charge in [0.2, 0.25) is 0 Å². The second-order valence-electron chi connectivity index (χ2n) is 8.84. The molecule has 0 radical (unpaired) electrons. The molecule has 0 saturated heterocycles. The Kier molecular flexibility index (Phi) is 4.85. The van der Waals surface area contributed by atoms with E-state index >= 15 is 0 Å². The average Bonchev–Trinajstić information content (AvgIpc) is 2.56. The topological polar surface area (TPSA) is 0 Å². The molecular formula is C24H26Si2. The first-order chi connectivity index (χ1) is 12.2. The first kappa shape index (κ1) is 18.5. The van der Waals surface area contributed by atoms with Crippen LogP contribution in [0.25, 0.3) is 21.5 Å². The van der Waals surface area contributed by atoms with Gasteiger partial charge in [-0.05, 0) is 21.5 Å². The van der Waals surface area contributed by atoms with Crippen LogP contribution in [0.1, 0.15) is 11.1 Å². The lowest BCUT2D eigenvalue weighted by molar-refractivity contribution is 1.70. The Hall–Kier alpha value is -2.27. The highest BCUT2D eigenvalue weighted by Gasteiger charge is 2.14. The Balaban J connectivity index is 2.46. The van der Waals surface area contributed by atoms with Gasteiger partial charge in [0, 0.05) is 11.1 Å². The van der Waals surface area contributed by atoms with Gasteiger partial charge in [-0.1, -0.05) is 99.7 Å². The lowest BCUT2D eigenvalue weighted by atomic mass is 9.92. The molecule has 2 heteroatoms. The van der Waals surface area contributed by atoms with Crippen molar-refractivity contribution < 1.29 is 0 Å². The van der Waals surface area contributed by atoms with Crippen LogP contribution in [0.3, 0.4) is 0 Å². The van der Waals surface area contributed by atoms with Gasteiger partial charge >= 0.3 is 0 Å². The Morgan fingerprint density at radius 2 is 0.769 bits per heavy atom. The SMILES string of the molecule is C[Si](C)(C)C#Cc1c2ccccc2c(C#C[Si](C)(C)C)c2ccccc12. The van der Waals surface area contributed by atoms with Gasteiger partial charge in [0.25, 0.3) is 0 Å². The minimum Gasteiger partial charge on any atom is -0.127 e. The zero-order valence-corrected chi connectivity index (χ0v) is 18.6. The van der Waals surface area contributed by atoms with E-state index in [2.05, 4.69) is 111 Å². The largest absolute Gasteiger partial charge is 0.129 e. The van der Waals surface area contributed by atoms with Gasteiger partial charge in [-0.15, -0.1) is 11.1 Å². The highest BCUT2D eigenvalue weighted by Crippen LogP contribution is 2.32. The smallest absolute Gasteiger partial charge is 0.127 e. The molecule has 0 heterocycles. The lowest BCUT2D eigenvalue weighted by Gasteiger charge is -2.12. The summed E-state index contributed by atoms with van der Waals surface area (Å²) in [6, 6.07) is 17.2. The molecule has 0 nitrogen and oxygen atoms in total. The fourth-order valence-corrected chi connectivity index (χ4v) is 3.90. The van der Waals surface area contributed by atoms with Crippen LogP contribution in [-0.2, 0) is 0 Å². The van der Waals surface area contributed by atoms with E-state index in [-0.39, 0.29) is 0 Å². The van der Waals surface area contributed by atoms with Crippen LogP contribution in [-0.4, -0.2) is 16.1 Å². The lowest BCUT2D eigenvalue weighted by Crippen LogP contribution is -2.16. The Morgan fingerprint density at radius 1 is 0.500 bits per heavy atom. The van der Waals surface area contributed by atoms with Crippen molar-refractivity contribution in [3.05, 3.63) is 59.7 Å². The zero-order chi connectivity index (χ0) is 18.9. The molecule has 0 aliphatic rings. The maximum atomic E-state index is 3.56. The van der Waals surface area contributed by atoms with E-state index in [1.807, 2.05) is 0 Å². The summed E-state index contributed by atoms with van der Waals surface area (Å²) in [5.74, 6) is 7.08. The first-order valence-electron chi connectivity index (χ1n) is 9.15. The predicted octanol–water partition coefficient (Wildman–Crippen LogP) is 6.45. The summed E-state index contributed by atoms with van der Waals surface area (Å²) in [5.41, 5.74) is 9.42. The molecule has 0 unspecified atom stereocenters. The summed E-state index contributed by atoms with van der Waals surface area (Å²) in [5, 5.41) is 4.88. The fourth-order valence-electron chi connectivity index (χ4n) is 2.90. The van der Waals surface area contributed by atoms with Gasteiger partial charge in [0.1, 0.15) is 16.1 Å². The summed E-state index contributed by atoms with van der Waals surface area (Å²) < 4.78 is 0. The molecule has 0 amide bonds. The molecule has 0 saturated carbocycles. The van der Waals surface area contributed by atoms with Crippen molar-refractivity contribution in [1.29, 1.82) is 0 Å². The average molecular weight is 371 g/mol. The van der Waals surface area contributed by atoms with Gasteiger partial charge < -0.3 is 0 Å². The van der Waals surface area contributed by atoms with E-state index in [9.17, 15) is 0 Å². The van der Waals surface area contributed by atoms with Crippen molar-refractivity contribution in [1.82, 2.24) is 0 Å². The molecule has 26 heavy (non-hydrogen) atoms. The van der Waals surface area contributed by atoms with Gasteiger partial charge in [0.15, 0.2) is 0 Å². The molecule has 0 bridgehead atoms. The second-order valence-corrected chi connectivity index (χ2v) is 18.3. The summed E-state index contributed by atoms with van der Waals surface area (Å²) in [7, 11) is -2.90. The summed E-state index contributed by atoms with van der Waals surface area (Å²) in [6.45, 7) is 13.7. The third-order valence-electron chi connectivity index (χ3n) is 4.06. The van der Waals surface area contributed by atoms with Crippen molar-refractivity contribution in [3.63, 3.8) is 0 Å². The quantitative estimate of drug-likeness (QED) is 0.242. The third-order valence-corrected chi connectivity index (χ3v) is 5.81. The van der Waals surface area contributed by atoms with Gasteiger partial charge in [-0.2, -0.15) is 0 Å².